The van der Waals surface area contributed by atoms with Crippen molar-refractivity contribution in [3.8, 4) is 0 Å². The highest BCUT2D eigenvalue weighted by Crippen LogP contribution is 2.45. The van der Waals surface area contributed by atoms with Crippen molar-refractivity contribution < 1.29 is 14.6 Å². The van der Waals surface area contributed by atoms with Crippen molar-refractivity contribution in [3.63, 3.8) is 0 Å². The number of carbonyl (C=O) groups excluding carboxylic acids is 1. The molecule has 0 amide bonds. The fourth-order valence-electron chi connectivity index (χ4n) is 2.21. The number of rotatable bonds is 0. The van der Waals surface area contributed by atoms with Crippen LogP contribution in [-0.4, -0.2) is 22.6 Å². The summed E-state index contributed by atoms with van der Waals surface area (Å²) < 4.78 is 5.62. The van der Waals surface area contributed by atoms with Crippen molar-refractivity contribution in [2.45, 2.75) is 45.3 Å². The van der Waals surface area contributed by atoms with E-state index in [4.69, 9.17) is 4.74 Å². The van der Waals surface area contributed by atoms with Crippen molar-refractivity contribution >= 4 is 5.78 Å². The highest BCUT2D eigenvalue weighted by Gasteiger charge is 2.46. The van der Waals surface area contributed by atoms with Crippen LogP contribution in [-0.2, 0) is 9.53 Å². The van der Waals surface area contributed by atoms with E-state index in [1.54, 1.807) is 6.92 Å². The molecule has 0 aromatic heterocycles. The predicted octanol–water partition coefficient (Wildman–Crippen LogP) is 1.41. The molecule has 2 aliphatic heterocycles. The molecule has 0 aliphatic carbocycles. The van der Waals surface area contributed by atoms with Gasteiger partial charge in [0.1, 0.15) is 17.5 Å². The average molecular weight is 196 g/mol. The van der Waals surface area contributed by atoms with Gasteiger partial charge in [0.2, 0.25) is 0 Å². The second-order valence-electron chi connectivity index (χ2n) is 5.18. The summed E-state index contributed by atoms with van der Waals surface area (Å²) in [6, 6.07) is 0. The van der Waals surface area contributed by atoms with Gasteiger partial charge >= 0.3 is 0 Å². The maximum Gasteiger partial charge on any atom is 0.190 e. The smallest absolute Gasteiger partial charge is 0.190 e. The molecule has 2 unspecified atom stereocenters. The summed E-state index contributed by atoms with van der Waals surface area (Å²) in [4.78, 5) is 11.6. The van der Waals surface area contributed by atoms with Gasteiger partial charge in [0.05, 0.1) is 0 Å². The lowest BCUT2D eigenvalue weighted by atomic mass is 9.80. The summed E-state index contributed by atoms with van der Waals surface area (Å²) in [6.45, 7) is 5.68. The van der Waals surface area contributed by atoms with E-state index in [0.29, 0.717) is 6.42 Å². The number of hydrogen-bond acceptors (Lipinski definition) is 3. The highest BCUT2D eigenvalue weighted by atomic mass is 16.5. The van der Waals surface area contributed by atoms with E-state index in [-0.39, 0.29) is 17.3 Å². The lowest BCUT2D eigenvalue weighted by molar-refractivity contribution is -0.132. The fraction of sp³-hybridized carbons (Fsp3) is 0.727. The molecule has 14 heavy (non-hydrogen) atoms. The molecule has 2 heterocycles. The molecule has 0 spiro atoms. The number of carbonyl (C=O) groups is 1. The van der Waals surface area contributed by atoms with Gasteiger partial charge in [0, 0.05) is 17.9 Å². The molecule has 2 bridgehead atoms. The van der Waals surface area contributed by atoms with Crippen LogP contribution in [0.5, 0.6) is 0 Å². The van der Waals surface area contributed by atoms with Crippen molar-refractivity contribution in [2.75, 3.05) is 0 Å². The van der Waals surface area contributed by atoms with E-state index in [9.17, 15) is 9.90 Å². The molecule has 0 radical (unpaired) electrons. The number of ether oxygens (including phenoxy) is 1. The minimum Gasteiger partial charge on any atom is -0.494 e. The van der Waals surface area contributed by atoms with Crippen LogP contribution in [0.15, 0.2) is 11.8 Å². The summed E-state index contributed by atoms with van der Waals surface area (Å²) in [5.74, 6) is 0.494. The molecule has 2 aliphatic rings. The first kappa shape index (κ1) is 9.71. The zero-order chi connectivity index (χ0) is 10.6. The largest absolute Gasteiger partial charge is 0.494 e. The van der Waals surface area contributed by atoms with Crippen LogP contribution in [0.2, 0.25) is 0 Å². The first-order valence-corrected chi connectivity index (χ1v) is 4.97. The van der Waals surface area contributed by atoms with Gasteiger partial charge in [-0.2, -0.15) is 0 Å². The summed E-state index contributed by atoms with van der Waals surface area (Å²) in [5, 5.41) is 9.84. The Morgan fingerprint density at radius 2 is 2.07 bits per heavy atom. The molecule has 2 rings (SSSR count). The van der Waals surface area contributed by atoms with E-state index in [1.807, 2.05) is 0 Å². The van der Waals surface area contributed by atoms with Crippen LogP contribution >= 0.6 is 0 Å². The lowest BCUT2D eigenvalue weighted by Crippen LogP contribution is -2.37. The van der Waals surface area contributed by atoms with Crippen LogP contribution in [0.3, 0.4) is 0 Å². The normalized spacial score (nSPS) is 40.1. The Hall–Kier alpha value is -0.830. The van der Waals surface area contributed by atoms with Gasteiger partial charge in [0.25, 0.3) is 0 Å². The second kappa shape index (κ2) is 2.60. The number of ketones is 1. The Morgan fingerprint density at radius 3 is 2.71 bits per heavy atom. The predicted molar refractivity (Wildman–Crippen MR) is 51.6 cm³/mol. The van der Waals surface area contributed by atoms with Gasteiger partial charge in [-0.15, -0.1) is 0 Å². The van der Waals surface area contributed by atoms with E-state index >= 15 is 0 Å². The third-order valence-corrected chi connectivity index (χ3v) is 3.12. The van der Waals surface area contributed by atoms with Crippen LogP contribution in [0, 0.1) is 5.41 Å². The second-order valence-corrected chi connectivity index (χ2v) is 5.18. The third-order valence-electron chi connectivity index (χ3n) is 3.12. The third kappa shape index (κ3) is 1.36. The van der Waals surface area contributed by atoms with Crippen LogP contribution in [0.4, 0.5) is 0 Å². The number of allylic oxidation sites excluding steroid dienone is 1. The molecule has 1 saturated heterocycles. The number of aliphatic hydroxyl groups is 1. The zero-order valence-electron chi connectivity index (χ0n) is 8.83. The van der Waals surface area contributed by atoms with Gasteiger partial charge in [0.15, 0.2) is 5.78 Å². The molecular formula is C11H16O3. The highest BCUT2D eigenvalue weighted by molar-refractivity contribution is 5.97. The molecule has 1 fully saturated rings. The molecule has 0 aromatic rings. The van der Waals surface area contributed by atoms with E-state index in [1.165, 1.54) is 6.08 Å². The Kier molecular flexibility index (Phi) is 1.80. The molecular weight excluding hydrogens is 180 g/mol. The Balaban J connectivity index is 2.40. The maximum absolute atomic E-state index is 11.6. The quantitative estimate of drug-likeness (QED) is 0.637. The topological polar surface area (TPSA) is 46.5 Å². The van der Waals surface area contributed by atoms with Crippen LogP contribution in [0.1, 0.15) is 33.6 Å². The molecule has 3 nitrogen and oxygen atoms in total. The lowest BCUT2D eigenvalue weighted by Gasteiger charge is -2.23. The van der Waals surface area contributed by atoms with Crippen molar-refractivity contribution in [1.29, 1.82) is 0 Å². The average Bonchev–Trinajstić information content (AvgIpc) is 2.18. The van der Waals surface area contributed by atoms with E-state index in [0.717, 1.165) is 12.2 Å². The monoisotopic (exact) mass is 196 g/mol. The van der Waals surface area contributed by atoms with E-state index < -0.39 is 5.60 Å². The van der Waals surface area contributed by atoms with Gasteiger partial charge in [-0.1, -0.05) is 13.8 Å². The maximum atomic E-state index is 11.6. The standard InChI is InChI=1S/C11H16O3/c1-10(2)5-7-6-11(3,13)8(12)4-9(10)14-7/h4,7,13H,5-6H2,1-3H3. The summed E-state index contributed by atoms with van der Waals surface area (Å²) in [5.41, 5.74) is -1.31. The van der Waals surface area contributed by atoms with Crippen molar-refractivity contribution in [2.24, 2.45) is 5.41 Å². The Morgan fingerprint density at radius 1 is 1.43 bits per heavy atom. The molecule has 1 N–H and O–H groups in total. The Bertz CT molecular complexity index is 310. The number of hydrogen-bond donors (Lipinski definition) is 1. The summed E-state index contributed by atoms with van der Waals surface area (Å²) in [6.07, 6.45) is 2.72. The van der Waals surface area contributed by atoms with Gasteiger partial charge in [-0.05, 0) is 13.3 Å². The Labute approximate surface area is 83.8 Å². The number of fused-ring (bicyclic) bond motifs is 2. The summed E-state index contributed by atoms with van der Waals surface area (Å²) >= 11 is 0. The molecule has 2 atom stereocenters. The van der Waals surface area contributed by atoms with Crippen molar-refractivity contribution in [1.82, 2.24) is 0 Å². The van der Waals surface area contributed by atoms with Gasteiger partial charge < -0.3 is 9.84 Å². The zero-order valence-corrected chi connectivity index (χ0v) is 8.83. The minimum absolute atomic E-state index is 0.0160. The molecule has 0 saturated carbocycles. The molecule has 0 aromatic carbocycles. The first-order chi connectivity index (χ1) is 6.31. The fourth-order valence-corrected chi connectivity index (χ4v) is 2.21. The molecule has 78 valence electrons. The molecule has 3 heteroatoms. The summed E-state index contributed by atoms with van der Waals surface area (Å²) in [7, 11) is 0. The SMILES string of the molecule is CC1(C)CC2CC(C)(O)C(=O)C=C1O2. The van der Waals surface area contributed by atoms with Crippen LogP contribution < -0.4 is 0 Å². The van der Waals surface area contributed by atoms with Gasteiger partial charge in [-0.3, -0.25) is 4.79 Å². The first-order valence-electron chi connectivity index (χ1n) is 4.97. The van der Waals surface area contributed by atoms with Crippen LogP contribution in [0.25, 0.3) is 0 Å². The minimum atomic E-state index is -1.25. The van der Waals surface area contributed by atoms with Crippen molar-refractivity contribution in [3.05, 3.63) is 11.8 Å². The van der Waals surface area contributed by atoms with Gasteiger partial charge in [-0.25, -0.2) is 0 Å². The van der Waals surface area contributed by atoms with E-state index in [2.05, 4.69) is 13.8 Å².